The number of anilines is 1. The third-order valence-electron chi connectivity index (χ3n) is 5.13. The Bertz CT molecular complexity index is 807. The molecule has 2 saturated heterocycles. The molecule has 0 unspecified atom stereocenters. The number of nitrogens with one attached hydrogen (secondary N) is 2. The molecule has 3 rings (SSSR count). The van der Waals surface area contributed by atoms with E-state index in [1.807, 2.05) is 0 Å². The first kappa shape index (κ1) is 19.8. The molecular formula is C18H25FN3O4S+. The van der Waals surface area contributed by atoms with Crippen molar-refractivity contribution in [1.82, 2.24) is 4.90 Å². The number of benzene rings is 1. The summed E-state index contributed by atoms with van der Waals surface area (Å²) in [7, 11) is -2.97. The maximum atomic E-state index is 13.2. The van der Waals surface area contributed by atoms with Crippen molar-refractivity contribution in [2.45, 2.75) is 12.8 Å². The number of quaternary nitrogens is 1. The Balaban J connectivity index is 1.40. The molecular weight excluding hydrogens is 373 g/mol. The molecule has 1 aromatic rings. The predicted molar refractivity (Wildman–Crippen MR) is 98.6 cm³/mol. The number of nitrogens with zero attached hydrogens (tertiary/aromatic N) is 1. The molecule has 2 aliphatic rings. The van der Waals surface area contributed by atoms with Gasteiger partial charge in [-0.3, -0.25) is 9.59 Å². The fourth-order valence-electron chi connectivity index (χ4n) is 3.66. The topological polar surface area (TPSA) is 88.0 Å². The number of carbonyl (C=O) groups excluding carboxylic acids is 2. The lowest BCUT2D eigenvalue weighted by molar-refractivity contribution is -0.895. The summed E-state index contributed by atoms with van der Waals surface area (Å²) < 4.78 is 36.2. The first-order valence-electron chi connectivity index (χ1n) is 9.18. The maximum Gasteiger partial charge on any atom is 0.279 e. The van der Waals surface area contributed by atoms with Crippen LogP contribution in [0.1, 0.15) is 12.8 Å². The Morgan fingerprint density at radius 3 is 2.63 bits per heavy atom. The molecule has 0 bridgehead atoms. The zero-order valence-corrected chi connectivity index (χ0v) is 15.9. The quantitative estimate of drug-likeness (QED) is 0.688. The van der Waals surface area contributed by atoms with Gasteiger partial charge in [-0.15, -0.1) is 0 Å². The van der Waals surface area contributed by atoms with Crippen molar-refractivity contribution in [3.05, 3.63) is 30.1 Å². The van der Waals surface area contributed by atoms with E-state index in [1.165, 1.54) is 18.2 Å². The monoisotopic (exact) mass is 398 g/mol. The van der Waals surface area contributed by atoms with Crippen molar-refractivity contribution in [2.75, 3.05) is 49.5 Å². The van der Waals surface area contributed by atoms with E-state index < -0.39 is 15.7 Å². The highest BCUT2D eigenvalue weighted by atomic mass is 32.2. The Morgan fingerprint density at radius 2 is 2.00 bits per heavy atom. The average Bonchev–Trinajstić information content (AvgIpc) is 2.94. The summed E-state index contributed by atoms with van der Waals surface area (Å²) in [5.74, 6) is -0.354. The van der Waals surface area contributed by atoms with Gasteiger partial charge in [0, 0.05) is 12.1 Å². The minimum atomic E-state index is -2.97. The molecule has 2 heterocycles. The summed E-state index contributed by atoms with van der Waals surface area (Å²) in [5.41, 5.74) is 0.430. The second-order valence-corrected chi connectivity index (χ2v) is 9.57. The molecule has 2 fully saturated rings. The molecule has 1 aromatic carbocycles. The van der Waals surface area contributed by atoms with Gasteiger partial charge < -0.3 is 15.1 Å². The van der Waals surface area contributed by atoms with Crippen molar-refractivity contribution in [1.29, 1.82) is 0 Å². The minimum Gasteiger partial charge on any atom is -0.331 e. The van der Waals surface area contributed by atoms with E-state index in [-0.39, 0.29) is 42.2 Å². The van der Waals surface area contributed by atoms with Gasteiger partial charge in [0.15, 0.2) is 16.4 Å². The van der Waals surface area contributed by atoms with E-state index in [4.69, 9.17) is 0 Å². The van der Waals surface area contributed by atoms with Gasteiger partial charge in [0.2, 0.25) is 5.91 Å². The van der Waals surface area contributed by atoms with Crippen LogP contribution in [0.15, 0.2) is 24.3 Å². The molecule has 0 spiro atoms. The molecule has 0 saturated carbocycles. The highest BCUT2D eigenvalue weighted by Gasteiger charge is 2.32. The summed E-state index contributed by atoms with van der Waals surface area (Å²) in [4.78, 5) is 27.3. The van der Waals surface area contributed by atoms with Crippen LogP contribution in [0.25, 0.3) is 0 Å². The van der Waals surface area contributed by atoms with Crippen LogP contribution in [0.5, 0.6) is 0 Å². The number of rotatable bonds is 5. The molecule has 27 heavy (non-hydrogen) atoms. The molecule has 9 heteroatoms. The van der Waals surface area contributed by atoms with Crippen LogP contribution in [0.4, 0.5) is 10.1 Å². The van der Waals surface area contributed by atoms with E-state index in [0.29, 0.717) is 38.3 Å². The molecule has 7 nitrogen and oxygen atoms in total. The van der Waals surface area contributed by atoms with Crippen molar-refractivity contribution >= 4 is 27.3 Å². The normalized spacial score (nSPS) is 22.6. The first-order valence-corrected chi connectivity index (χ1v) is 11.0. The van der Waals surface area contributed by atoms with Gasteiger partial charge in [-0.25, -0.2) is 12.8 Å². The standard InChI is InChI=1S/C18H24FN3O4S/c19-15-2-1-3-16(11-15)20-17(23)12-21-5-7-22(8-6-21)18(24)10-14-4-9-27(25,26)13-14/h1-3,11,14H,4-10,12-13H2,(H,20,23)/p+1/t14-/m0/s1. The Hall–Kier alpha value is -2.00. The molecule has 2 amide bonds. The van der Waals surface area contributed by atoms with Gasteiger partial charge in [-0.2, -0.15) is 0 Å². The largest absolute Gasteiger partial charge is 0.331 e. The number of piperazine rings is 1. The number of amides is 2. The van der Waals surface area contributed by atoms with Gasteiger partial charge in [-0.05, 0) is 30.5 Å². The first-order chi connectivity index (χ1) is 12.8. The summed E-state index contributed by atoms with van der Waals surface area (Å²) in [6.45, 7) is 2.69. The minimum absolute atomic E-state index is 0.000335. The highest BCUT2D eigenvalue weighted by Crippen LogP contribution is 2.22. The van der Waals surface area contributed by atoms with E-state index in [2.05, 4.69) is 5.32 Å². The third kappa shape index (κ3) is 5.74. The maximum absolute atomic E-state index is 13.2. The smallest absolute Gasteiger partial charge is 0.279 e. The van der Waals surface area contributed by atoms with Crippen LogP contribution >= 0.6 is 0 Å². The Morgan fingerprint density at radius 1 is 1.26 bits per heavy atom. The van der Waals surface area contributed by atoms with Crippen LogP contribution < -0.4 is 10.2 Å². The van der Waals surface area contributed by atoms with Crippen LogP contribution in [0, 0.1) is 11.7 Å². The number of hydrogen-bond acceptors (Lipinski definition) is 4. The van der Waals surface area contributed by atoms with Crippen LogP contribution in [-0.2, 0) is 19.4 Å². The van der Waals surface area contributed by atoms with E-state index in [0.717, 1.165) is 4.90 Å². The lowest BCUT2D eigenvalue weighted by Crippen LogP contribution is -3.15. The van der Waals surface area contributed by atoms with Crippen LogP contribution in [-0.4, -0.2) is 69.4 Å². The van der Waals surface area contributed by atoms with Crippen molar-refractivity contribution in [3.8, 4) is 0 Å². The van der Waals surface area contributed by atoms with Gasteiger partial charge in [0.25, 0.3) is 5.91 Å². The molecule has 2 N–H and O–H groups in total. The van der Waals surface area contributed by atoms with Crippen molar-refractivity contribution < 1.29 is 27.3 Å². The zero-order chi connectivity index (χ0) is 19.4. The average molecular weight is 398 g/mol. The van der Waals surface area contributed by atoms with Crippen molar-refractivity contribution in [3.63, 3.8) is 0 Å². The van der Waals surface area contributed by atoms with Gasteiger partial charge in [0.1, 0.15) is 5.82 Å². The number of halogens is 1. The summed E-state index contributed by atoms with van der Waals surface area (Å²) in [6.07, 6.45) is 0.855. The van der Waals surface area contributed by atoms with Gasteiger partial charge >= 0.3 is 0 Å². The molecule has 0 aliphatic carbocycles. The summed E-state index contributed by atoms with van der Waals surface area (Å²) >= 11 is 0. The number of hydrogen-bond donors (Lipinski definition) is 2. The predicted octanol–water partition coefficient (Wildman–Crippen LogP) is -0.684. The van der Waals surface area contributed by atoms with Crippen LogP contribution in [0.2, 0.25) is 0 Å². The van der Waals surface area contributed by atoms with E-state index >= 15 is 0 Å². The Kier molecular flexibility index (Phi) is 6.11. The second kappa shape index (κ2) is 8.35. The summed E-state index contributed by atoms with van der Waals surface area (Å²) in [6, 6.07) is 5.76. The van der Waals surface area contributed by atoms with Crippen LogP contribution in [0.3, 0.4) is 0 Å². The third-order valence-corrected chi connectivity index (χ3v) is 6.97. The lowest BCUT2D eigenvalue weighted by Gasteiger charge is -2.32. The van der Waals surface area contributed by atoms with E-state index in [1.54, 1.807) is 11.0 Å². The molecule has 0 radical (unpaired) electrons. The molecule has 148 valence electrons. The fraction of sp³-hybridized carbons (Fsp3) is 0.556. The van der Waals surface area contributed by atoms with Crippen molar-refractivity contribution in [2.24, 2.45) is 5.92 Å². The molecule has 0 aromatic heterocycles. The zero-order valence-electron chi connectivity index (χ0n) is 15.1. The SMILES string of the molecule is O=C(C[NH+]1CCN(C(=O)C[C@@H]2CCS(=O)(=O)C2)CC1)Nc1cccc(F)c1. The number of sulfone groups is 1. The molecule has 1 atom stereocenters. The fourth-order valence-corrected chi connectivity index (χ4v) is 5.52. The molecule has 2 aliphatic heterocycles. The second-order valence-electron chi connectivity index (χ2n) is 7.34. The van der Waals surface area contributed by atoms with Gasteiger partial charge in [-0.1, -0.05) is 6.07 Å². The van der Waals surface area contributed by atoms with Gasteiger partial charge in [0.05, 0.1) is 37.7 Å². The lowest BCUT2D eigenvalue weighted by atomic mass is 10.0. The summed E-state index contributed by atoms with van der Waals surface area (Å²) in [5, 5.41) is 2.68. The van der Waals surface area contributed by atoms with E-state index in [9.17, 15) is 22.4 Å². The number of carbonyl (C=O) groups is 2. The Labute approximate surface area is 158 Å². The highest BCUT2D eigenvalue weighted by molar-refractivity contribution is 7.91.